The number of hydrogen-bond acceptors (Lipinski definition) is 4. The van der Waals surface area contributed by atoms with Crippen LogP contribution in [0.2, 0.25) is 18.1 Å². The predicted octanol–water partition coefficient (Wildman–Crippen LogP) is 3.86. The molecule has 0 aliphatic carbocycles. The van der Waals surface area contributed by atoms with Crippen LogP contribution >= 0.6 is 0 Å². The van der Waals surface area contributed by atoms with E-state index in [-0.39, 0.29) is 17.2 Å². The van der Waals surface area contributed by atoms with Crippen molar-refractivity contribution >= 4 is 8.32 Å². The molecule has 1 heterocycles. The molecule has 5 heteroatoms. The summed E-state index contributed by atoms with van der Waals surface area (Å²) < 4.78 is 18.2. The van der Waals surface area contributed by atoms with Crippen LogP contribution in [0.1, 0.15) is 47.5 Å². The van der Waals surface area contributed by atoms with Crippen molar-refractivity contribution in [3.05, 3.63) is 12.7 Å². The molecule has 1 aliphatic rings. The second kappa shape index (κ2) is 7.14. The van der Waals surface area contributed by atoms with E-state index in [4.69, 9.17) is 13.9 Å². The van der Waals surface area contributed by atoms with Crippen molar-refractivity contribution in [2.24, 2.45) is 0 Å². The van der Waals surface area contributed by atoms with Crippen LogP contribution in [-0.2, 0) is 13.9 Å². The van der Waals surface area contributed by atoms with E-state index in [9.17, 15) is 5.11 Å². The van der Waals surface area contributed by atoms with Gasteiger partial charge >= 0.3 is 0 Å². The van der Waals surface area contributed by atoms with Crippen LogP contribution in [0, 0.1) is 0 Å². The maximum atomic E-state index is 10.2. The van der Waals surface area contributed by atoms with Crippen LogP contribution in [0.4, 0.5) is 0 Å². The van der Waals surface area contributed by atoms with Crippen LogP contribution in [-0.4, -0.2) is 44.1 Å². The van der Waals surface area contributed by atoms with Crippen LogP contribution in [0.15, 0.2) is 12.7 Å². The first kappa shape index (κ1) is 19.8. The monoisotopic (exact) mass is 330 g/mol. The second-order valence-corrected chi connectivity index (χ2v) is 13.0. The lowest BCUT2D eigenvalue weighted by Gasteiger charge is -2.41. The van der Waals surface area contributed by atoms with Gasteiger partial charge in [-0.05, 0) is 38.4 Å². The Kier molecular flexibility index (Phi) is 6.44. The van der Waals surface area contributed by atoms with Gasteiger partial charge in [-0.15, -0.1) is 6.58 Å². The topological polar surface area (TPSA) is 47.9 Å². The summed E-state index contributed by atoms with van der Waals surface area (Å²) >= 11 is 0. The van der Waals surface area contributed by atoms with Gasteiger partial charge in [0, 0.05) is 6.42 Å². The number of rotatable bonds is 7. The zero-order valence-corrected chi connectivity index (χ0v) is 16.3. The molecule has 22 heavy (non-hydrogen) atoms. The van der Waals surface area contributed by atoms with Crippen molar-refractivity contribution in [1.29, 1.82) is 0 Å². The third-order valence-corrected chi connectivity index (χ3v) is 9.14. The third kappa shape index (κ3) is 5.46. The second-order valence-electron chi connectivity index (χ2n) is 8.20. The molecule has 0 radical (unpaired) electrons. The number of ether oxygens (including phenoxy) is 2. The van der Waals surface area contributed by atoms with Crippen LogP contribution in [0.3, 0.4) is 0 Å². The Labute approximate surface area is 137 Å². The SMILES string of the molecule is C=CC[C@@H](O)C[C@H](O[Si](C)(C)C(C)(C)C)[C@H]1COC(C)(C)O1. The van der Waals surface area contributed by atoms with E-state index in [0.29, 0.717) is 19.4 Å². The molecule has 0 aromatic carbocycles. The fraction of sp³-hybridized carbons (Fsp3) is 0.882. The van der Waals surface area contributed by atoms with Gasteiger partial charge in [-0.2, -0.15) is 0 Å². The molecule has 1 saturated heterocycles. The maximum Gasteiger partial charge on any atom is 0.192 e. The Morgan fingerprint density at radius 3 is 2.41 bits per heavy atom. The average Bonchev–Trinajstić information content (AvgIpc) is 2.67. The van der Waals surface area contributed by atoms with Crippen molar-refractivity contribution in [1.82, 2.24) is 0 Å². The summed E-state index contributed by atoms with van der Waals surface area (Å²) in [5, 5.41) is 10.3. The van der Waals surface area contributed by atoms with E-state index in [1.807, 2.05) is 13.8 Å². The standard InChI is InChI=1S/C17H34O4Si/c1-9-10-13(18)11-14(15-12-19-17(5,6)20-15)21-22(7,8)16(2,3)4/h9,13-15,18H,1,10-12H2,2-8H3/t13-,14+,15-/m1/s1. The molecule has 4 nitrogen and oxygen atoms in total. The minimum absolute atomic E-state index is 0.115. The first-order valence-electron chi connectivity index (χ1n) is 8.16. The molecule has 3 atom stereocenters. The van der Waals surface area contributed by atoms with E-state index in [1.165, 1.54) is 0 Å². The highest BCUT2D eigenvalue weighted by Gasteiger charge is 2.44. The molecule has 0 saturated carbocycles. The molecule has 0 spiro atoms. The summed E-state index contributed by atoms with van der Waals surface area (Å²) in [5.41, 5.74) is 0. The van der Waals surface area contributed by atoms with Gasteiger partial charge in [0.15, 0.2) is 14.1 Å². The van der Waals surface area contributed by atoms with Crippen LogP contribution in [0.25, 0.3) is 0 Å². The highest BCUT2D eigenvalue weighted by molar-refractivity contribution is 6.74. The lowest BCUT2D eigenvalue weighted by Crippen LogP contribution is -2.48. The molecule has 0 unspecified atom stereocenters. The van der Waals surface area contributed by atoms with Crippen molar-refractivity contribution < 1.29 is 19.0 Å². The first-order valence-corrected chi connectivity index (χ1v) is 11.1. The Morgan fingerprint density at radius 1 is 1.41 bits per heavy atom. The molecule has 130 valence electrons. The summed E-state index contributed by atoms with van der Waals surface area (Å²) in [6.07, 6.45) is 2.10. The molecule has 0 bridgehead atoms. The minimum Gasteiger partial charge on any atom is -0.411 e. The van der Waals surface area contributed by atoms with Crippen LogP contribution < -0.4 is 0 Å². The van der Waals surface area contributed by atoms with Gasteiger partial charge in [0.1, 0.15) is 6.10 Å². The molecule has 1 fully saturated rings. The van der Waals surface area contributed by atoms with E-state index >= 15 is 0 Å². The molecule has 0 aromatic heterocycles. The highest BCUT2D eigenvalue weighted by atomic mass is 28.4. The highest BCUT2D eigenvalue weighted by Crippen LogP contribution is 2.39. The Bertz CT molecular complexity index is 373. The Hall–Kier alpha value is -0.203. The molecule has 1 N–H and O–H groups in total. The van der Waals surface area contributed by atoms with Crippen LogP contribution in [0.5, 0.6) is 0 Å². The summed E-state index contributed by atoms with van der Waals surface area (Å²) in [6.45, 7) is 19.1. The molecule has 1 rings (SSSR count). The fourth-order valence-corrected chi connectivity index (χ4v) is 3.64. The smallest absolute Gasteiger partial charge is 0.192 e. The summed E-state index contributed by atoms with van der Waals surface area (Å²) in [7, 11) is -1.94. The molecule has 1 aliphatic heterocycles. The minimum atomic E-state index is -1.94. The van der Waals surface area contributed by atoms with E-state index in [2.05, 4.69) is 40.4 Å². The van der Waals surface area contributed by atoms with Gasteiger partial charge in [-0.25, -0.2) is 0 Å². The van der Waals surface area contributed by atoms with Crippen molar-refractivity contribution in [3.63, 3.8) is 0 Å². The zero-order valence-electron chi connectivity index (χ0n) is 15.3. The number of hydrogen-bond donors (Lipinski definition) is 1. The lowest BCUT2D eigenvalue weighted by atomic mass is 10.1. The van der Waals surface area contributed by atoms with Gasteiger partial charge < -0.3 is 19.0 Å². The largest absolute Gasteiger partial charge is 0.411 e. The summed E-state index contributed by atoms with van der Waals surface area (Å²) in [6, 6.07) is 0. The number of aliphatic hydroxyl groups excluding tert-OH is 1. The van der Waals surface area contributed by atoms with Crippen molar-refractivity contribution in [2.75, 3.05) is 6.61 Å². The summed E-state index contributed by atoms with van der Waals surface area (Å²) in [5.74, 6) is -0.580. The van der Waals surface area contributed by atoms with Crippen molar-refractivity contribution in [2.45, 2.75) is 89.7 Å². The predicted molar refractivity (Wildman–Crippen MR) is 92.4 cm³/mol. The first-order chi connectivity index (χ1) is 9.88. The van der Waals surface area contributed by atoms with Gasteiger partial charge in [0.2, 0.25) is 0 Å². The average molecular weight is 331 g/mol. The zero-order chi connectivity index (χ0) is 17.2. The van der Waals surface area contributed by atoms with E-state index in [0.717, 1.165) is 0 Å². The van der Waals surface area contributed by atoms with Gasteiger partial charge in [0.25, 0.3) is 0 Å². The van der Waals surface area contributed by atoms with Gasteiger partial charge in [-0.3, -0.25) is 0 Å². The lowest BCUT2D eigenvalue weighted by molar-refractivity contribution is -0.151. The van der Waals surface area contributed by atoms with Gasteiger partial charge in [-0.1, -0.05) is 26.8 Å². The quantitative estimate of drug-likeness (QED) is 0.569. The molecule has 0 amide bonds. The van der Waals surface area contributed by atoms with E-state index in [1.54, 1.807) is 6.08 Å². The number of aliphatic hydroxyl groups is 1. The molecular weight excluding hydrogens is 296 g/mol. The Balaban J connectivity index is 2.85. The van der Waals surface area contributed by atoms with Crippen molar-refractivity contribution in [3.8, 4) is 0 Å². The maximum absolute atomic E-state index is 10.2. The normalized spacial score (nSPS) is 25.0. The molecular formula is C17H34O4Si. The van der Waals surface area contributed by atoms with Gasteiger partial charge in [0.05, 0.1) is 18.8 Å². The molecule has 0 aromatic rings. The third-order valence-electron chi connectivity index (χ3n) is 4.64. The fourth-order valence-electron chi connectivity index (χ4n) is 2.29. The Morgan fingerprint density at radius 2 is 2.00 bits per heavy atom. The van der Waals surface area contributed by atoms with E-state index < -0.39 is 20.2 Å². The summed E-state index contributed by atoms with van der Waals surface area (Å²) in [4.78, 5) is 0.